The molecule has 0 atom stereocenters. The van der Waals surface area contributed by atoms with Gasteiger partial charge in [-0.25, -0.2) is 0 Å². The van der Waals surface area contributed by atoms with E-state index in [9.17, 15) is 14.4 Å². The highest BCUT2D eigenvalue weighted by Crippen LogP contribution is 2.33. The zero-order chi connectivity index (χ0) is 21.0. The lowest BCUT2D eigenvalue weighted by Crippen LogP contribution is -2.46. The second kappa shape index (κ2) is 8.64. The summed E-state index contributed by atoms with van der Waals surface area (Å²) in [5, 5.41) is 5.55. The summed E-state index contributed by atoms with van der Waals surface area (Å²) in [6.45, 7) is 3.38. The molecular formula is C21H23N3O5. The number of amides is 3. The predicted molar refractivity (Wildman–Crippen MR) is 109 cm³/mol. The van der Waals surface area contributed by atoms with Crippen LogP contribution in [0.1, 0.15) is 24.2 Å². The summed E-state index contributed by atoms with van der Waals surface area (Å²) in [6, 6.07) is 11.7. The molecule has 0 unspecified atom stereocenters. The van der Waals surface area contributed by atoms with Crippen LogP contribution in [0.5, 0.6) is 11.5 Å². The van der Waals surface area contributed by atoms with Gasteiger partial charge in [0.1, 0.15) is 18.0 Å². The molecule has 152 valence electrons. The van der Waals surface area contributed by atoms with Crippen LogP contribution in [-0.2, 0) is 9.59 Å². The molecule has 3 rings (SSSR count). The van der Waals surface area contributed by atoms with Crippen molar-refractivity contribution >= 4 is 29.1 Å². The van der Waals surface area contributed by atoms with Crippen LogP contribution in [0.25, 0.3) is 0 Å². The predicted octanol–water partition coefficient (Wildman–Crippen LogP) is 2.20. The van der Waals surface area contributed by atoms with Gasteiger partial charge in [-0.1, -0.05) is 6.07 Å². The standard InChI is InChI=1S/C21H23N3O5/c1-13(2)22-19(25)11-24-17-9-14(7-8-18(17)29-12-20(24)26)21(27)23-15-5-4-6-16(10-15)28-3/h4-10,13H,11-12H2,1-3H3,(H,22,25)(H,23,27). The van der Waals surface area contributed by atoms with Crippen LogP contribution in [0.4, 0.5) is 11.4 Å². The Morgan fingerprint density at radius 3 is 2.72 bits per heavy atom. The van der Waals surface area contributed by atoms with Crippen LogP contribution in [0.15, 0.2) is 42.5 Å². The maximum absolute atomic E-state index is 12.7. The summed E-state index contributed by atoms with van der Waals surface area (Å²) < 4.78 is 10.6. The molecule has 0 aliphatic carbocycles. The Labute approximate surface area is 168 Å². The van der Waals surface area contributed by atoms with Gasteiger partial charge in [-0.2, -0.15) is 0 Å². The first-order chi connectivity index (χ1) is 13.9. The molecule has 1 aliphatic heterocycles. The molecule has 2 aromatic carbocycles. The Morgan fingerprint density at radius 1 is 1.21 bits per heavy atom. The average Bonchev–Trinajstić information content (AvgIpc) is 2.69. The number of ether oxygens (including phenoxy) is 2. The molecule has 0 saturated heterocycles. The van der Waals surface area contributed by atoms with Gasteiger partial charge in [-0.3, -0.25) is 19.3 Å². The molecule has 3 amide bonds. The molecule has 0 fully saturated rings. The average molecular weight is 397 g/mol. The molecule has 2 aromatic rings. The molecule has 0 saturated carbocycles. The van der Waals surface area contributed by atoms with Gasteiger partial charge < -0.3 is 20.1 Å². The summed E-state index contributed by atoms with van der Waals surface area (Å²) in [5.74, 6) is 0.0781. The lowest BCUT2D eigenvalue weighted by atomic mass is 10.1. The van der Waals surface area contributed by atoms with E-state index >= 15 is 0 Å². The number of nitrogens with one attached hydrogen (secondary N) is 2. The molecule has 29 heavy (non-hydrogen) atoms. The molecule has 8 heteroatoms. The van der Waals surface area contributed by atoms with Crippen molar-refractivity contribution in [2.24, 2.45) is 0 Å². The normalized spacial score (nSPS) is 12.8. The lowest BCUT2D eigenvalue weighted by molar-refractivity contribution is -0.125. The molecule has 0 bridgehead atoms. The number of methoxy groups -OCH3 is 1. The quantitative estimate of drug-likeness (QED) is 0.779. The van der Waals surface area contributed by atoms with Crippen molar-refractivity contribution < 1.29 is 23.9 Å². The van der Waals surface area contributed by atoms with Crippen molar-refractivity contribution in [2.45, 2.75) is 19.9 Å². The van der Waals surface area contributed by atoms with E-state index in [2.05, 4.69) is 10.6 Å². The van der Waals surface area contributed by atoms with Gasteiger partial charge in [-0.15, -0.1) is 0 Å². The molecule has 1 aliphatic rings. The van der Waals surface area contributed by atoms with E-state index in [-0.39, 0.29) is 36.9 Å². The van der Waals surface area contributed by atoms with Crippen LogP contribution < -0.4 is 25.0 Å². The van der Waals surface area contributed by atoms with Crippen LogP contribution >= 0.6 is 0 Å². The number of carbonyl (C=O) groups excluding carboxylic acids is 3. The molecule has 0 spiro atoms. The van der Waals surface area contributed by atoms with E-state index in [1.807, 2.05) is 13.8 Å². The highest BCUT2D eigenvalue weighted by molar-refractivity contribution is 6.07. The summed E-state index contributed by atoms with van der Waals surface area (Å²) >= 11 is 0. The van der Waals surface area contributed by atoms with Crippen LogP contribution in [0, 0.1) is 0 Å². The number of carbonyl (C=O) groups is 3. The fraction of sp³-hybridized carbons (Fsp3) is 0.286. The minimum atomic E-state index is -0.356. The second-order valence-electron chi connectivity index (χ2n) is 6.86. The van der Waals surface area contributed by atoms with Crippen molar-refractivity contribution in [3.8, 4) is 11.5 Å². The maximum Gasteiger partial charge on any atom is 0.265 e. The van der Waals surface area contributed by atoms with E-state index in [0.29, 0.717) is 28.4 Å². The molecule has 2 N–H and O–H groups in total. The molecule has 8 nitrogen and oxygen atoms in total. The lowest BCUT2D eigenvalue weighted by Gasteiger charge is -2.29. The smallest absolute Gasteiger partial charge is 0.265 e. The Balaban J connectivity index is 1.83. The van der Waals surface area contributed by atoms with Crippen molar-refractivity contribution in [2.75, 3.05) is 30.5 Å². The number of benzene rings is 2. The summed E-state index contributed by atoms with van der Waals surface area (Å²) in [5.41, 5.74) is 1.30. The van der Waals surface area contributed by atoms with Crippen LogP contribution in [0.3, 0.4) is 0 Å². The van der Waals surface area contributed by atoms with Crippen molar-refractivity contribution in [3.05, 3.63) is 48.0 Å². The number of hydrogen-bond acceptors (Lipinski definition) is 5. The largest absolute Gasteiger partial charge is 0.497 e. The third kappa shape index (κ3) is 4.84. The zero-order valence-corrected chi connectivity index (χ0v) is 16.5. The minimum absolute atomic E-state index is 0.0434. The number of fused-ring (bicyclic) bond motifs is 1. The van der Waals surface area contributed by atoms with Gasteiger partial charge in [0, 0.05) is 23.4 Å². The monoisotopic (exact) mass is 397 g/mol. The molecular weight excluding hydrogens is 374 g/mol. The summed E-state index contributed by atoms with van der Waals surface area (Å²) in [7, 11) is 1.55. The topological polar surface area (TPSA) is 97.0 Å². The van der Waals surface area contributed by atoms with Crippen molar-refractivity contribution in [3.63, 3.8) is 0 Å². The summed E-state index contributed by atoms with van der Waals surface area (Å²) in [6.07, 6.45) is 0. The number of anilines is 2. The Bertz CT molecular complexity index is 942. The highest BCUT2D eigenvalue weighted by Gasteiger charge is 2.28. The highest BCUT2D eigenvalue weighted by atomic mass is 16.5. The maximum atomic E-state index is 12.7. The molecule has 0 radical (unpaired) electrons. The first-order valence-corrected chi connectivity index (χ1v) is 9.19. The van der Waals surface area contributed by atoms with Gasteiger partial charge in [0.2, 0.25) is 5.91 Å². The van der Waals surface area contributed by atoms with Gasteiger partial charge in [0.25, 0.3) is 11.8 Å². The Kier molecular flexibility index (Phi) is 6.01. The van der Waals surface area contributed by atoms with Crippen LogP contribution in [0.2, 0.25) is 0 Å². The number of hydrogen-bond donors (Lipinski definition) is 2. The van der Waals surface area contributed by atoms with Crippen molar-refractivity contribution in [1.82, 2.24) is 5.32 Å². The zero-order valence-electron chi connectivity index (χ0n) is 16.5. The van der Waals surface area contributed by atoms with E-state index < -0.39 is 0 Å². The van der Waals surface area contributed by atoms with Crippen molar-refractivity contribution in [1.29, 1.82) is 0 Å². The van der Waals surface area contributed by atoms with E-state index in [4.69, 9.17) is 9.47 Å². The van der Waals surface area contributed by atoms with Crippen LogP contribution in [-0.4, -0.2) is 44.0 Å². The third-order valence-corrected chi connectivity index (χ3v) is 4.24. The number of rotatable bonds is 6. The molecule has 0 aromatic heterocycles. The van der Waals surface area contributed by atoms with E-state index in [0.717, 1.165) is 0 Å². The Hall–Kier alpha value is -3.55. The third-order valence-electron chi connectivity index (χ3n) is 4.24. The fourth-order valence-corrected chi connectivity index (χ4v) is 2.93. The van der Waals surface area contributed by atoms with Gasteiger partial charge in [0.05, 0.1) is 12.8 Å². The van der Waals surface area contributed by atoms with E-state index in [1.165, 1.54) is 4.90 Å². The van der Waals surface area contributed by atoms with Gasteiger partial charge in [-0.05, 0) is 44.2 Å². The van der Waals surface area contributed by atoms with E-state index in [1.54, 1.807) is 49.6 Å². The second-order valence-corrected chi connectivity index (χ2v) is 6.86. The van der Waals surface area contributed by atoms with Gasteiger partial charge >= 0.3 is 0 Å². The first-order valence-electron chi connectivity index (χ1n) is 9.19. The SMILES string of the molecule is COc1cccc(NC(=O)c2ccc3c(c2)N(CC(=O)NC(C)C)C(=O)CO3)c1. The Morgan fingerprint density at radius 2 is 2.00 bits per heavy atom. The molecule has 1 heterocycles. The summed E-state index contributed by atoms with van der Waals surface area (Å²) in [4.78, 5) is 38.5. The first kappa shape index (κ1) is 20.2. The minimum Gasteiger partial charge on any atom is -0.497 e. The fourth-order valence-electron chi connectivity index (χ4n) is 2.93. The number of nitrogens with zero attached hydrogens (tertiary/aromatic N) is 1. The van der Waals surface area contributed by atoms with Gasteiger partial charge in [0.15, 0.2) is 6.61 Å².